The molecule has 0 amide bonds. The zero-order valence-electron chi connectivity index (χ0n) is 15.5. The molecule has 7 nitrogen and oxygen atoms in total. The molecule has 9 heteroatoms. The molecular weight excluding hydrogens is 401 g/mol. The van der Waals surface area contributed by atoms with E-state index in [-0.39, 0.29) is 6.61 Å². The van der Waals surface area contributed by atoms with Gasteiger partial charge in [0.05, 0.1) is 18.8 Å². The van der Waals surface area contributed by atoms with Crippen molar-refractivity contribution in [3.05, 3.63) is 69.5 Å². The first-order valence-corrected chi connectivity index (χ1v) is 9.35. The third-order valence-electron chi connectivity index (χ3n) is 4.22. The number of rotatable bonds is 7. The lowest BCUT2D eigenvalue weighted by Gasteiger charge is -2.09. The van der Waals surface area contributed by atoms with Gasteiger partial charge in [-0.05, 0) is 32.1 Å². The van der Waals surface area contributed by atoms with Crippen LogP contribution >= 0.6 is 23.2 Å². The molecule has 0 N–H and O–H groups in total. The van der Waals surface area contributed by atoms with E-state index in [0.29, 0.717) is 23.1 Å². The van der Waals surface area contributed by atoms with E-state index < -0.39 is 5.97 Å². The number of esters is 1. The summed E-state index contributed by atoms with van der Waals surface area (Å²) in [5, 5.41) is 9.67. The first-order valence-electron chi connectivity index (χ1n) is 8.60. The molecular formula is C19H19Cl2N5O2. The number of ether oxygens (including phenoxy) is 1. The highest BCUT2D eigenvalue weighted by Gasteiger charge is 2.13. The fourth-order valence-electron chi connectivity index (χ4n) is 2.73. The van der Waals surface area contributed by atoms with Gasteiger partial charge in [0.1, 0.15) is 19.3 Å². The summed E-state index contributed by atoms with van der Waals surface area (Å²) in [6.07, 6.45) is 6.10. The summed E-state index contributed by atoms with van der Waals surface area (Å²) in [6.45, 7) is 4.93. The number of aryl methyl sites for hydroxylation is 1. The fourth-order valence-corrected chi connectivity index (χ4v) is 3.24. The van der Waals surface area contributed by atoms with E-state index in [0.717, 1.165) is 22.5 Å². The molecule has 3 aromatic rings. The number of hydrogen-bond acceptors (Lipinski definition) is 5. The Hall–Kier alpha value is -2.64. The third kappa shape index (κ3) is 4.79. The van der Waals surface area contributed by atoms with Crippen molar-refractivity contribution in [1.82, 2.24) is 24.5 Å². The van der Waals surface area contributed by atoms with Gasteiger partial charge >= 0.3 is 5.97 Å². The maximum absolute atomic E-state index is 11.9. The van der Waals surface area contributed by atoms with E-state index in [1.165, 1.54) is 12.4 Å². The minimum Gasteiger partial charge on any atom is -0.461 e. The van der Waals surface area contributed by atoms with Gasteiger partial charge in [-0.2, -0.15) is 10.2 Å². The van der Waals surface area contributed by atoms with Crippen LogP contribution in [0.2, 0.25) is 10.0 Å². The van der Waals surface area contributed by atoms with Gasteiger partial charge in [-0.25, -0.2) is 14.5 Å². The molecule has 146 valence electrons. The van der Waals surface area contributed by atoms with Crippen molar-refractivity contribution in [1.29, 1.82) is 0 Å². The smallest absolute Gasteiger partial charge is 0.330 e. The zero-order chi connectivity index (χ0) is 20.1. The molecule has 0 saturated carbocycles. The van der Waals surface area contributed by atoms with Gasteiger partial charge in [0.2, 0.25) is 0 Å². The van der Waals surface area contributed by atoms with E-state index in [4.69, 9.17) is 27.9 Å². The second-order valence-corrected chi connectivity index (χ2v) is 6.92. The summed E-state index contributed by atoms with van der Waals surface area (Å²) in [4.78, 5) is 15.8. The Labute approximate surface area is 172 Å². The summed E-state index contributed by atoms with van der Waals surface area (Å²) in [5.41, 5.74) is 3.36. The minimum absolute atomic E-state index is 0.217. The Balaban J connectivity index is 1.66. The van der Waals surface area contributed by atoms with Crippen LogP contribution in [-0.2, 0) is 22.6 Å². The topological polar surface area (TPSA) is 74.8 Å². The van der Waals surface area contributed by atoms with Gasteiger partial charge in [-0.1, -0.05) is 29.3 Å². The van der Waals surface area contributed by atoms with Crippen LogP contribution in [0, 0.1) is 13.8 Å². The normalized spacial score (nSPS) is 11.3. The highest BCUT2D eigenvalue weighted by molar-refractivity contribution is 6.35. The molecule has 0 spiro atoms. The van der Waals surface area contributed by atoms with Crippen molar-refractivity contribution in [3.63, 3.8) is 0 Å². The zero-order valence-corrected chi connectivity index (χ0v) is 17.0. The molecule has 2 heterocycles. The van der Waals surface area contributed by atoms with E-state index in [1.54, 1.807) is 35.3 Å². The fraction of sp³-hybridized carbons (Fsp3) is 0.263. The minimum atomic E-state index is -0.430. The first-order chi connectivity index (χ1) is 13.5. The number of carbonyl (C=O) groups is 1. The van der Waals surface area contributed by atoms with Gasteiger partial charge in [0, 0.05) is 32.9 Å². The molecule has 0 fully saturated rings. The van der Waals surface area contributed by atoms with Crippen molar-refractivity contribution in [2.45, 2.75) is 26.9 Å². The average Bonchev–Trinajstić information content (AvgIpc) is 3.25. The molecule has 28 heavy (non-hydrogen) atoms. The van der Waals surface area contributed by atoms with Crippen LogP contribution in [0.3, 0.4) is 0 Å². The molecule has 0 atom stereocenters. The molecule has 0 aliphatic rings. The quantitative estimate of drug-likeness (QED) is 0.431. The molecule has 0 bridgehead atoms. The van der Waals surface area contributed by atoms with E-state index >= 15 is 0 Å². The van der Waals surface area contributed by atoms with Gasteiger partial charge in [0.25, 0.3) is 0 Å². The maximum atomic E-state index is 11.9. The lowest BCUT2D eigenvalue weighted by atomic mass is 10.1. The highest BCUT2D eigenvalue weighted by Crippen LogP contribution is 2.26. The van der Waals surface area contributed by atoms with Crippen LogP contribution in [0.4, 0.5) is 0 Å². The largest absolute Gasteiger partial charge is 0.461 e. The summed E-state index contributed by atoms with van der Waals surface area (Å²) < 4.78 is 8.58. The summed E-state index contributed by atoms with van der Waals surface area (Å²) in [6, 6.07) is 5.40. The Morgan fingerprint density at radius 1 is 1.25 bits per heavy atom. The van der Waals surface area contributed by atoms with Crippen LogP contribution in [0.5, 0.6) is 0 Å². The van der Waals surface area contributed by atoms with Crippen LogP contribution < -0.4 is 0 Å². The number of benzene rings is 1. The van der Waals surface area contributed by atoms with Crippen molar-refractivity contribution < 1.29 is 9.53 Å². The molecule has 0 unspecified atom stereocenters. The van der Waals surface area contributed by atoms with Gasteiger partial charge in [-0.15, -0.1) is 0 Å². The Morgan fingerprint density at radius 2 is 2.00 bits per heavy atom. The van der Waals surface area contributed by atoms with Crippen molar-refractivity contribution in [3.8, 4) is 0 Å². The highest BCUT2D eigenvalue weighted by atomic mass is 35.5. The predicted octanol–water partition coefficient (Wildman–Crippen LogP) is 3.70. The molecule has 0 radical (unpaired) electrons. The Bertz CT molecular complexity index is 976. The average molecular weight is 420 g/mol. The summed E-state index contributed by atoms with van der Waals surface area (Å²) in [7, 11) is 0. The monoisotopic (exact) mass is 419 g/mol. The number of carbonyl (C=O) groups excluding carboxylic acids is 1. The Morgan fingerprint density at radius 3 is 2.68 bits per heavy atom. The van der Waals surface area contributed by atoms with E-state index in [1.807, 2.05) is 18.5 Å². The van der Waals surface area contributed by atoms with Crippen LogP contribution in [0.1, 0.15) is 22.5 Å². The van der Waals surface area contributed by atoms with Crippen molar-refractivity contribution >= 4 is 35.2 Å². The van der Waals surface area contributed by atoms with Crippen LogP contribution in [0.15, 0.2) is 36.9 Å². The van der Waals surface area contributed by atoms with Crippen LogP contribution in [0.25, 0.3) is 6.08 Å². The summed E-state index contributed by atoms with van der Waals surface area (Å²) >= 11 is 12.5. The Kier molecular flexibility index (Phi) is 6.49. The lowest BCUT2D eigenvalue weighted by Crippen LogP contribution is -2.09. The number of aromatic nitrogens is 5. The second-order valence-electron chi connectivity index (χ2n) is 6.10. The van der Waals surface area contributed by atoms with E-state index in [9.17, 15) is 4.79 Å². The summed E-state index contributed by atoms with van der Waals surface area (Å²) in [5.74, 6) is -0.430. The van der Waals surface area contributed by atoms with Crippen molar-refractivity contribution in [2.75, 3.05) is 6.61 Å². The van der Waals surface area contributed by atoms with Crippen molar-refractivity contribution in [2.24, 2.45) is 0 Å². The molecule has 0 aliphatic carbocycles. The molecule has 1 aromatic carbocycles. The number of halogens is 2. The second kappa shape index (κ2) is 9.03. The number of nitrogens with zero attached hydrogens (tertiary/aromatic N) is 5. The molecule has 0 saturated heterocycles. The number of hydrogen-bond donors (Lipinski definition) is 0. The van der Waals surface area contributed by atoms with E-state index in [2.05, 4.69) is 15.2 Å². The van der Waals surface area contributed by atoms with Gasteiger partial charge in [-0.3, -0.25) is 4.68 Å². The van der Waals surface area contributed by atoms with Gasteiger partial charge in [0.15, 0.2) is 0 Å². The van der Waals surface area contributed by atoms with Crippen LogP contribution in [-0.4, -0.2) is 37.1 Å². The van der Waals surface area contributed by atoms with Gasteiger partial charge < -0.3 is 4.74 Å². The predicted molar refractivity (Wildman–Crippen MR) is 107 cm³/mol. The SMILES string of the molecule is Cc1nn(Cc2c(Cl)cccc2Cl)c(C)c1/C=C\C(=O)OCCn1cncn1. The molecule has 3 rings (SSSR count). The lowest BCUT2D eigenvalue weighted by molar-refractivity contribution is -0.138. The molecule has 0 aliphatic heterocycles. The molecule has 2 aromatic heterocycles. The first kappa shape index (κ1) is 20.1. The third-order valence-corrected chi connectivity index (χ3v) is 4.93. The maximum Gasteiger partial charge on any atom is 0.330 e. The standard InChI is InChI=1S/C19H19Cl2N5O2/c1-13-15(6-7-19(27)28-9-8-25-12-22-11-23-25)14(2)26(24-13)10-16-17(20)4-3-5-18(16)21/h3-7,11-12H,8-10H2,1-2H3/b7-6-.